The Hall–Kier alpha value is -3.27. The number of aliphatic hydroxyl groups is 1. The van der Waals surface area contributed by atoms with Crippen LogP contribution in [0.25, 0.3) is 0 Å². The Balaban J connectivity index is 1.79. The van der Waals surface area contributed by atoms with Gasteiger partial charge in [-0.3, -0.25) is 9.69 Å². The standard InChI is InChI=1S/C26H31F3N2O5/c1-7-35-23(33)25(5,6)36-22-16(3)10-18(11-17(22)4)13-31-21(32)14-30(24(31)34)19-8-9-20(15(2)12-19)26(27,28)29/h8-12,24,34H,7,13-14H2,1-6H3. The first-order valence-electron chi connectivity index (χ1n) is 11.5. The molecule has 1 aliphatic rings. The highest BCUT2D eigenvalue weighted by atomic mass is 19.4. The van der Waals surface area contributed by atoms with E-state index < -0.39 is 29.7 Å². The van der Waals surface area contributed by atoms with Gasteiger partial charge in [-0.15, -0.1) is 0 Å². The third kappa shape index (κ3) is 5.59. The summed E-state index contributed by atoms with van der Waals surface area (Å²) >= 11 is 0. The molecular weight excluding hydrogens is 477 g/mol. The van der Waals surface area contributed by atoms with Gasteiger partial charge < -0.3 is 19.5 Å². The first kappa shape index (κ1) is 27.3. The minimum Gasteiger partial charge on any atom is -0.476 e. The lowest BCUT2D eigenvalue weighted by molar-refractivity contribution is -0.158. The van der Waals surface area contributed by atoms with Gasteiger partial charge in [-0.2, -0.15) is 13.2 Å². The summed E-state index contributed by atoms with van der Waals surface area (Å²) in [5.41, 5.74) is 0.560. The zero-order valence-electron chi connectivity index (χ0n) is 21.2. The summed E-state index contributed by atoms with van der Waals surface area (Å²) in [5.74, 6) is -0.330. The van der Waals surface area contributed by atoms with Gasteiger partial charge in [0, 0.05) is 5.69 Å². The zero-order valence-corrected chi connectivity index (χ0v) is 21.2. The smallest absolute Gasteiger partial charge is 0.416 e. The van der Waals surface area contributed by atoms with Gasteiger partial charge in [0.2, 0.25) is 12.3 Å². The summed E-state index contributed by atoms with van der Waals surface area (Å²) < 4.78 is 50.4. The van der Waals surface area contributed by atoms with E-state index >= 15 is 0 Å². The molecule has 0 radical (unpaired) electrons. The number of carbonyl (C=O) groups is 2. The number of nitrogens with zero attached hydrogens (tertiary/aromatic N) is 2. The summed E-state index contributed by atoms with van der Waals surface area (Å²) in [6.45, 7) is 10.1. The van der Waals surface area contributed by atoms with Crippen LogP contribution in [0.15, 0.2) is 30.3 Å². The molecule has 0 aromatic heterocycles. The molecule has 1 N–H and O–H groups in total. The molecule has 1 amide bonds. The van der Waals surface area contributed by atoms with Crippen LogP contribution in [0.2, 0.25) is 0 Å². The van der Waals surface area contributed by atoms with Gasteiger partial charge in [0.15, 0.2) is 5.60 Å². The van der Waals surface area contributed by atoms with Gasteiger partial charge in [-0.1, -0.05) is 12.1 Å². The second kappa shape index (κ2) is 10.0. The van der Waals surface area contributed by atoms with Crippen LogP contribution in [0.3, 0.4) is 0 Å². The molecule has 0 saturated carbocycles. The number of rotatable bonds is 7. The Morgan fingerprint density at radius 3 is 2.22 bits per heavy atom. The monoisotopic (exact) mass is 508 g/mol. The van der Waals surface area contributed by atoms with Crippen molar-refractivity contribution in [3.8, 4) is 5.75 Å². The van der Waals surface area contributed by atoms with Crippen molar-refractivity contribution < 1.29 is 37.3 Å². The van der Waals surface area contributed by atoms with Crippen molar-refractivity contribution in [1.82, 2.24) is 4.90 Å². The lowest BCUT2D eigenvalue weighted by atomic mass is 10.0. The Kier molecular flexibility index (Phi) is 7.59. The van der Waals surface area contributed by atoms with E-state index in [1.807, 2.05) is 13.8 Å². The van der Waals surface area contributed by atoms with Crippen molar-refractivity contribution in [3.63, 3.8) is 0 Å². The summed E-state index contributed by atoms with van der Waals surface area (Å²) in [7, 11) is 0. The minimum atomic E-state index is -4.48. The van der Waals surface area contributed by atoms with Crippen molar-refractivity contribution in [3.05, 3.63) is 58.1 Å². The maximum Gasteiger partial charge on any atom is 0.416 e. The van der Waals surface area contributed by atoms with E-state index in [9.17, 15) is 27.9 Å². The number of hydrogen-bond donors (Lipinski definition) is 1. The maximum absolute atomic E-state index is 13.1. The molecule has 1 atom stereocenters. The number of halogens is 3. The summed E-state index contributed by atoms with van der Waals surface area (Å²) in [6, 6.07) is 7.12. The summed E-state index contributed by atoms with van der Waals surface area (Å²) in [5, 5.41) is 10.8. The number of aliphatic hydroxyl groups excluding tert-OH is 1. The lowest BCUT2D eigenvalue weighted by Crippen LogP contribution is -2.40. The number of hydrogen-bond acceptors (Lipinski definition) is 6. The molecular formula is C26H31F3N2O5. The van der Waals surface area contributed by atoms with E-state index in [2.05, 4.69) is 0 Å². The van der Waals surface area contributed by atoms with E-state index in [4.69, 9.17) is 9.47 Å². The number of amides is 1. The first-order valence-corrected chi connectivity index (χ1v) is 11.5. The Morgan fingerprint density at radius 2 is 1.69 bits per heavy atom. The molecule has 1 saturated heterocycles. The van der Waals surface area contributed by atoms with E-state index in [0.29, 0.717) is 11.4 Å². The van der Waals surface area contributed by atoms with Crippen molar-refractivity contribution >= 4 is 17.6 Å². The fraction of sp³-hybridized carbons (Fsp3) is 0.462. The number of carbonyl (C=O) groups excluding carboxylic acids is 2. The molecule has 0 spiro atoms. The van der Waals surface area contributed by atoms with Gasteiger partial charge in [-0.05, 0) is 82.0 Å². The van der Waals surface area contributed by atoms with Gasteiger partial charge in [0.05, 0.1) is 18.7 Å². The molecule has 36 heavy (non-hydrogen) atoms. The van der Waals surface area contributed by atoms with Crippen LogP contribution in [0.1, 0.15) is 48.6 Å². The number of ether oxygens (including phenoxy) is 2. The van der Waals surface area contributed by atoms with Crippen LogP contribution in [0.5, 0.6) is 5.75 Å². The van der Waals surface area contributed by atoms with Gasteiger partial charge >= 0.3 is 12.1 Å². The third-order valence-corrected chi connectivity index (χ3v) is 6.03. The SMILES string of the molecule is CCOC(=O)C(C)(C)Oc1c(C)cc(CN2C(=O)CN(c3ccc(C(F)(F)F)c(C)c3)C2O)cc1C. The maximum atomic E-state index is 13.1. The normalized spacial score (nSPS) is 16.5. The number of esters is 1. The summed E-state index contributed by atoms with van der Waals surface area (Å²) in [6.07, 6.45) is -5.82. The molecule has 3 rings (SSSR count). The topological polar surface area (TPSA) is 79.3 Å². The molecule has 2 aromatic carbocycles. The van der Waals surface area contributed by atoms with Crippen molar-refractivity contribution in [2.75, 3.05) is 18.1 Å². The van der Waals surface area contributed by atoms with Crippen LogP contribution in [-0.4, -0.2) is 47.0 Å². The van der Waals surface area contributed by atoms with Crippen LogP contribution >= 0.6 is 0 Å². The van der Waals surface area contributed by atoms with Crippen molar-refractivity contribution in [1.29, 1.82) is 0 Å². The Morgan fingerprint density at radius 1 is 1.08 bits per heavy atom. The molecule has 10 heteroatoms. The fourth-order valence-electron chi connectivity index (χ4n) is 4.24. The highest BCUT2D eigenvalue weighted by molar-refractivity contribution is 5.85. The van der Waals surface area contributed by atoms with Crippen LogP contribution in [0.4, 0.5) is 18.9 Å². The van der Waals surface area contributed by atoms with E-state index in [1.165, 1.54) is 28.9 Å². The van der Waals surface area contributed by atoms with E-state index in [0.717, 1.165) is 22.8 Å². The first-order chi connectivity index (χ1) is 16.7. The molecule has 1 aliphatic heterocycles. The van der Waals surface area contributed by atoms with Crippen LogP contribution in [-0.2, 0) is 27.0 Å². The number of alkyl halides is 3. The van der Waals surface area contributed by atoms with Crippen LogP contribution in [0, 0.1) is 20.8 Å². The largest absolute Gasteiger partial charge is 0.476 e. The molecule has 7 nitrogen and oxygen atoms in total. The Bertz CT molecular complexity index is 1140. The molecule has 2 aromatic rings. The minimum absolute atomic E-state index is 0.00526. The average molecular weight is 509 g/mol. The second-order valence-corrected chi connectivity index (χ2v) is 9.38. The summed E-state index contributed by atoms with van der Waals surface area (Å²) in [4.78, 5) is 27.5. The molecule has 0 aliphatic carbocycles. The Labute approximate surface area is 208 Å². The average Bonchev–Trinajstić information content (AvgIpc) is 3.04. The number of anilines is 1. The highest BCUT2D eigenvalue weighted by Crippen LogP contribution is 2.35. The van der Waals surface area contributed by atoms with Gasteiger partial charge in [-0.25, -0.2) is 4.79 Å². The highest BCUT2D eigenvalue weighted by Gasteiger charge is 2.38. The number of aryl methyl sites for hydroxylation is 3. The van der Waals surface area contributed by atoms with E-state index in [-0.39, 0.29) is 31.2 Å². The predicted octanol–water partition coefficient (Wildman–Crippen LogP) is 4.48. The molecule has 1 unspecified atom stereocenters. The quantitative estimate of drug-likeness (QED) is 0.556. The lowest BCUT2D eigenvalue weighted by Gasteiger charge is -2.28. The molecule has 1 fully saturated rings. The second-order valence-electron chi connectivity index (χ2n) is 9.38. The van der Waals surface area contributed by atoms with Gasteiger partial charge in [0.1, 0.15) is 12.3 Å². The third-order valence-electron chi connectivity index (χ3n) is 6.03. The molecule has 0 bridgehead atoms. The van der Waals surface area contributed by atoms with Crippen molar-refractivity contribution in [2.24, 2.45) is 0 Å². The molecule has 1 heterocycles. The van der Waals surface area contributed by atoms with Crippen LogP contribution < -0.4 is 9.64 Å². The fourth-order valence-corrected chi connectivity index (χ4v) is 4.24. The van der Waals surface area contributed by atoms with E-state index in [1.54, 1.807) is 32.9 Å². The predicted molar refractivity (Wildman–Crippen MR) is 127 cm³/mol. The van der Waals surface area contributed by atoms with Crippen molar-refractivity contribution in [2.45, 2.75) is 66.2 Å². The number of benzene rings is 2. The zero-order chi connectivity index (χ0) is 27.0. The molecule has 196 valence electrons. The van der Waals surface area contributed by atoms with Gasteiger partial charge in [0.25, 0.3) is 0 Å².